The Hall–Kier alpha value is -1.88. The summed E-state index contributed by atoms with van der Waals surface area (Å²) >= 11 is 5.19. The van der Waals surface area contributed by atoms with Gasteiger partial charge in [-0.3, -0.25) is 4.79 Å². The summed E-state index contributed by atoms with van der Waals surface area (Å²) in [6.45, 7) is 6.51. The Bertz CT molecular complexity index is 545. The highest BCUT2D eigenvalue weighted by Crippen LogP contribution is 2.30. The van der Waals surface area contributed by atoms with Crippen LogP contribution in [0.3, 0.4) is 0 Å². The number of ether oxygens (including phenoxy) is 1. The molecule has 1 aliphatic rings. The molecule has 0 aromatic heterocycles. The molecule has 22 heavy (non-hydrogen) atoms. The van der Waals surface area contributed by atoms with Crippen molar-refractivity contribution in [3.8, 4) is 0 Å². The summed E-state index contributed by atoms with van der Waals surface area (Å²) in [6, 6.07) is 9.51. The molecule has 1 heterocycles. The van der Waals surface area contributed by atoms with Crippen LogP contribution in [0.1, 0.15) is 37.8 Å². The fourth-order valence-electron chi connectivity index (χ4n) is 2.51. The summed E-state index contributed by atoms with van der Waals surface area (Å²) in [6.07, 6.45) is 3.04. The summed E-state index contributed by atoms with van der Waals surface area (Å²) in [5, 5.41) is 6.57. The van der Waals surface area contributed by atoms with E-state index in [1.807, 2.05) is 30.3 Å². The molecule has 0 bridgehead atoms. The van der Waals surface area contributed by atoms with E-state index in [9.17, 15) is 4.79 Å². The van der Waals surface area contributed by atoms with Gasteiger partial charge in [0.1, 0.15) is 5.92 Å². The van der Waals surface area contributed by atoms with E-state index in [4.69, 9.17) is 17.0 Å². The maximum Gasteiger partial charge on any atom is 0.317 e. The second kappa shape index (κ2) is 7.94. The Morgan fingerprint density at radius 2 is 2.05 bits per heavy atom. The summed E-state index contributed by atoms with van der Waals surface area (Å²) < 4.78 is 5.42. The van der Waals surface area contributed by atoms with Crippen molar-refractivity contribution in [3.05, 3.63) is 48.2 Å². The Labute approximate surface area is 136 Å². The molecule has 0 unspecified atom stereocenters. The first-order valence-electron chi connectivity index (χ1n) is 7.61. The fraction of sp³-hybridized carbons (Fsp3) is 0.412. The second-order valence-corrected chi connectivity index (χ2v) is 5.77. The molecule has 4 nitrogen and oxygen atoms in total. The second-order valence-electron chi connectivity index (χ2n) is 5.36. The van der Waals surface area contributed by atoms with Gasteiger partial charge in [0.05, 0.1) is 12.6 Å². The lowest BCUT2D eigenvalue weighted by molar-refractivity contribution is -0.148. The van der Waals surface area contributed by atoms with Crippen molar-refractivity contribution in [3.63, 3.8) is 0 Å². The van der Waals surface area contributed by atoms with E-state index in [1.54, 1.807) is 0 Å². The van der Waals surface area contributed by atoms with Crippen LogP contribution in [0.15, 0.2) is 42.6 Å². The van der Waals surface area contributed by atoms with E-state index in [1.165, 1.54) is 0 Å². The molecular formula is C17H22N2O2S. The number of hydrogen-bond acceptors (Lipinski definition) is 3. The van der Waals surface area contributed by atoms with Crippen LogP contribution in [0.2, 0.25) is 0 Å². The minimum absolute atomic E-state index is 0.249. The van der Waals surface area contributed by atoms with Crippen LogP contribution < -0.4 is 10.6 Å². The summed E-state index contributed by atoms with van der Waals surface area (Å²) in [5.41, 5.74) is 1.57. The zero-order chi connectivity index (χ0) is 15.9. The number of rotatable bonds is 6. The molecule has 1 aliphatic heterocycles. The molecule has 1 aromatic carbocycles. The smallest absolute Gasteiger partial charge is 0.317 e. The minimum Gasteiger partial charge on any atom is -0.465 e. The number of thiocarbonyl (C=S) groups is 1. The third kappa shape index (κ3) is 4.07. The van der Waals surface area contributed by atoms with Crippen molar-refractivity contribution in [1.29, 1.82) is 0 Å². The van der Waals surface area contributed by atoms with E-state index < -0.39 is 5.92 Å². The maximum absolute atomic E-state index is 12.5. The van der Waals surface area contributed by atoms with E-state index in [-0.39, 0.29) is 12.0 Å². The Morgan fingerprint density at radius 1 is 1.32 bits per heavy atom. The molecule has 118 valence electrons. The molecule has 1 aromatic rings. The summed E-state index contributed by atoms with van der Waals surface area (Å²) in [5.74, 6) is -0.756. The monoisotopic (exact) mass is 318 g/mol. The van der Waals surface area contributed by atoms with Crippen molar-refractivity contribution in [2.24, 2.45) is 5.92 Å². The van der Waals surface area contributed by atoms with Gasteiger partial charge >= 0.3 is 5.97 Å². The molecule has 2 N–H and O–H groups in total. The van der Waals surface area contributed by atoms with Crippen LogP contribution in [0.4, 0.5) is 0 Å². The number of nitrogens with one attached hydrogen (secondary N) is 2. The predicted molar refractivity (Wildman–Crippen MR) is 91.2 cm³/mol. The van der Waals surface area contributed by atoms with Gasteiger partial charge in [-0.1, -0.05) is 56.7 Å². The van der Waals surface area contributed by atoms with E-state index >= 15 is 0 Å². The number of carbonyl (C=O) groups excluding carboxylic acids is 1. The van der Waals surface area contributed by atoms with E-state index in [2.05, 4.69) is 24.1 Å². The lowest BCUT2D eigenvalue weighted by atomic mass is 9.89. The fourth-order valence-corrected chi connectivity index (χ4v) is 2.77. The first-order valence-corrected chi connectivity index (χ1v) is 8.02. The topological polar surface area (TPSA) is 50.4 Å². The lowest BCUT2D eigenvalue weighted by Gasteiger charge is -2.34. The van der Waals surface area contributed by atoms with Gasteiger partial charge in [-0.2, -0.15) is 0 Å². The van der Waals surface area contributed by atoms with Gasteiger partial charge < -0.3 is 15.4 Å². The Balaban J connectivity index is 2.12. The van der Waals surface area contributed by atoms with Gasteiger partial charge in [-0.05, 0) is 24.2 Å². The van der Waals surface area contributed by atoms with Gasteiger partial charge in [0.25, 0.3) is 0 Å². The highest BCUT2D eigenvalue weighted by atomic mass is 32.1. The first kappa shape index (κ1) is 16.5. The third-order valence-corrected chi connectivity index (χ3v) is 3.89. The normalized spacial score (nSPS) is 21.0. The average molecular weight is 318 g/mol. The van der Waals surface area contributed by atoms with Crippen LogP contribution in [-0.4, -0.2) is 17.7 Å². The Morgan fingerprint density at radius 3 is 2.73 bits per heavy atom. The molecule has 0 saturated carbocycles. The first-order chi connectivity index (χ1) is 10.6. The van der Waals surface area contributed by atoms with Gasteiger partial charge in [0, 0.05) is 5.70 Å². The molecule has 5 heteroatoms. The standard InChI is InChI=1S/C17H22N2O2S/c1-3-4-8-11-21-16(20)14-12(2)18-17(22)19-15(14)13-9-6-5-7-10-13/h5-7,9-10,14-15H,2-4,8,11H2,1H3,(H2,18,19,22)/t14-,15+/m0/s1. The third-order valence-electron chi connectivity index (χ3n) is 3.67. The van der Waals surface area contributed by atoms with Crippen LogP contribution in [0.5, 0.6) is 0 Å². The van der Waals surface area contributed by atoms with Crippen molar-refractivity contribution in [2.45, 2.75) is 32.2 Å². The highest BCUT2D eigenvalue weighted by molar-refractivity contribution is 7.80. The summed E-state index contributed by atoms with van der Waals surface area (Å²) in [4.78, 5) is 12.5. The van der Waals surface area contributed by atoms with Crippen molar-refractivity contribution in [2.75, 3.05) is 6.61 Å². The molecule has 1 fully saturated rings. The number of carbonyl (C=O) groups is 1. The molecule has 0 amide bonds. The van der Waals surface area contributed by atoms with Crippen LogP contribution in [0.25, 0.3) is 0 Å². The highest BCUT2D eigenvalue weighted by Gasteiger charge is 2.37. The van der Waals surface area contributed by atoms with Crippen LogP contribution in [-0.2, 0) is 9.53 Å². The zero-order valence-corrected chi connectivity index (χ0v) is 13.6. The largest absolute Gasteiger partial charge is 0.465 e. The Kier molecular flexibility index (Phi) is 5.95. The van der Waals surface area contributed by atoms with Crippen molar-refractivity contribution >= 4 is 23.3 Å². The molecule has 1 saturated heterocycles. The summed E-state index contributed by atoms with van der Waals surface area (Å²) in [7, 11) is 0. The SMILES string of the molecule is C=C1NC(=S)N[C@H](c2ccccc2)[C@H]1C(=O)OCCCCC. The average Bonchev–Trinajstić information content (AvgIpc) is 2.51. The number of hydrogen-bond donors (Lipinski definition) is 2. The van der Waals surface area contributed by atoms with E-state index in [0.717, 1.165) is 24.8 Å². The lowest BCUT2D eigenvalue weighted by Crippen LogP contribution is -2.51. The van der Waals surface area contributed by atoms with Crippen molar-refractivity contribution in [1.82, 2.24) is 10.6 Å². The molecular weight excluding hydrogens is 296 g/mol. The van der Waals surface area contributed by atoms with E-state index in [0.29, 0.717) is 17.4 Å². The number of esters is 1. The van der Waals surface area contributed by atoms with Crippen LogP contribution >= 0.6 is 12.2 Å². The van der Waals surface area contributed by atoms with Gasteiger partial charge in [0.2, 0.25) is 0 Å². The van der Waals surface area contributed by atoms with Gasteiger partial charge in [0.15, 0.2) is 5.11 Å². The van der Waals surface area contributed by atoms with Crippen molar-refractivity contribution < 1.29 is 9.53 Å². The quantitative estimate of drug-likeness (QED) is 0.480. The molecule has 0 aliphatic carbocycles. The molecule has 0 spiro atoms. The van der Waals surface area contributed by atoms with Crippen LogP contribution in [0, 0.1) is 5.92 Å². The zero-order valence-electron chi connectivity index (χ0n) is 12.8. The minimum atomic E-state index is -0.490. The number of benzene rings is 1. The molecule has 2 rings (SSSR count). The van der Waals surface area contributed by atoms with Gasteiger partial charge in [-0.25, -0.2) is 0 Å². The molecule has 0 radical (unpaired) electrons. The number of unbranched alkanes of at least 4 members (excludes halogenated alkanes) is 2. The maximum atomic E-state index is 12.5. The molecule has 2 atom stereocenters. The predicted octanol–water partition coefficient (Wildman–Crippen LogP) is 3.07. The van der Waals surface area contributed by atoms with Gasteiger partial charge in [-0.15, -0.1) is 0 Å².